The average Bonchev–Trinajstić information content (AvgIpc) is 3.19. The Bertz CT molecular complexity index is 1790. The maximum Gasteiger partial charge on any atom is 0.331 e. The summed E-state index contributed by atoms with van der Waals surface area (Å²) in [5, 5.41) is 46.5. The number of unbranched alkanes of at least 4 members (excludes halogenated alkanes) is 1. The summed E-state index contributed by atoms with van der Waals surface area (Å²) >= 11 is 0. The lowest BCUT2D eigenvalue weighted by Gasteiger charge is -2.53. The third-order valence-corrected chi connectivity index (χ3v) is 12.1. The molecule has 0 aliphatic carbocycles. The summed E-state index contributed by atoms with van der Waals surface area (Å²) in [5.41, 5.74) is -1.45. The van der Waals surface area contributed by atoms with Gasteiger partial charge in [0.2, 0.25) is 5.79 Å². The quantitative estimate of drug-likeness (QED) is 0.0442. The van der Waals surface area contributed by atoms with Crippen molar-refractivity contribution in [1.29, 1.82) is 0 Å². The lowest BCUT2D eigenvalue weighted by Crippen LogP contribution is -2.62. The minimum absolute atomic E-state index is 0.0608. The van der Waals surface area contributed by atoms with Crippen LogP contribution in [0.5, 0.6) is 0 Å². The zero-order chi connectivity index (χ0) is 48.9. The van der Waals surface area contributed by atoms with Gasteiger partial charge in [-0.1, -0.05) is 77.8 Å². The number of rotatable bonds is 19. The summed E-state index contributed by atoms with van der Waals surface area (Å²) in [6.07, 6.45) is 2.29. The van der Waals surface area contributed by atoms with E-state index in [1.54, 1.807) is 46.8 Å². The highest BCUT2D eigenvalue weighted by Gasteiger charge is 2.59. The van der Waals surface area contributed by atoms with Crippen molar-refractivity contribution in [3.05, 3.63) is 60.3 Å². The molecular formula is C48H72O17. The molecule has 0 saturated carbocycles. The fourth-order valence-electron chi connectivity index (χ4n) is 8.21. The van der Waals surface area contributed by atoms with Crippen LogP contribution in [0.2, 0.25) is 0 Å². The predicted octanol–water partition coefficient (Wildman–Crippen LogP) is 4.92. The van der Waals surface area contributed by atoms with E-state index in [-0.39, 0.29) is 44.1 Å². The molecule has 4 N–H and O–H groups in total. The van der Waals surface area contributed by atoms with E-state index in [9.17, 15) is 44.4 Å². The first-order chi connectivity index (χ1) is 30.3. The molecule has 0 aromatic heterocycles. The van der Waals surface area contributed by atoms with E-state index in [0.29, 0.717) is 6.42 Å². The van der Waals surface area contributed by atoms with Gasteiger partial charge < -0.3 is 58.3 Å². The van der Waals surface area contributed by atoms with Crippen LogP contribution in [0.3, 0.4) is 0 Å². The Labute approximate surface area is 382 Å². The second kappa shape index (κ2) is 24.0. The van der Waals surface area contributed by atoms with E-state index in [1.807, 2.05) is 13.0 Å². The summed E-state index contributed by atoms with van der Waals surface area (Å²) in [5.74, 6) is -7.84. The van der Waals surface area contributed by atoms with Crippen molar-refractivity contribution in [3.8, 4) is 0 Å². The zero-order valence-electron chi connectivity index (χ0n) is 39.6. The molecule has 0 bridgehead atoms. The molecule has 3 heterocycles. The molecule has 3 rings (SSSR count). The zero-order valence-corrected chi connectivity index (χ0v) is 39.6. The number of ether oxygens (including phenoxy) is 8. The SMILES string of the molecule is C=C[C@H]1C/C(=C\C(=O)OC)C[C@@H](C[C@]2(O)OC(C[C@@H](O)CC(=O)O[C@H](CC3C/C(=C\C(=O)OC)[C@H](OC(=O)/C=C/C=C/CCC)[C@](O)(C(C)(C)C)O3)[C@@H](C)O)C[C@H](OC(C)=O)C2(C)C)O1. The van der Waals surface area contributed by atoms with Crippen molar-refractivity contribution >= 4 is 29.8 Å². The molecule has 2 unspecified atom stereocenters. The van der Waals surface area contributed by atoms with Crippen LogP contribution < -0.4 is 0 Å². The van der Waals surface area contributed by atoms with Gasteiger partial charge in [0.05, 0.1) is 62.7 Å². The minimum atomic E-state index is -2.22. The van der Waals surface area contributed by atoms with Gasteiger partial charge in [0, 0.05) is 56.3 Å². The summed E-state index contributed by atoms with van der Waals surface area (Å²) in [4.78, 5) is 63.4. The molecule has 17 nitrogen and oxygen atoms in total. The second-order valence-corrected chi connectivity index (χ2v) is 18.7. The molecular weight excluding hydrogens is 849 g/mol. The largest absolute Gasteiger partial charge is 0.466 e. The highest BCUT2D eigenvalue weighted by Crippen LogP contribution is 2.49. The first-order valence-electron chi connectivity index (χ1n) is 22.2. The molecule has 0 aromatic carbocycles. The van der Waals surface area contributed by atoms with Gasteiger partial charge in [-0.15, -0.1) is 6.58 Å². The number of hydrogen-bond acceptors (Lipinski definition) is 17. The van der Waals surface area contributed by atoms with Crippen molar-refractivity contribution in [2.75, 3.05) is 14.2 Å². The van der Waals surface area contributed by atoms with Crippen molar-refractivity contribution in [2.24, 2.45) is 10.8 Å². The van der Waals surface area contributed by atoms with Crippen LogP contribution in [0.4, 0.5) is 0 Å². The average molecular weight is 921 g/mol. The highest BCUT2D eigenvalue weighted by molar-refractivity contribution is 5.84. The van der Waals surface area contributed by atoms with Gasteiger partial charge in [0.25, 0.3) is 0 Å². The molecule has 0 radical (unpaired) electrons. The monoisotopic (exact) mass is 920 g/mol. The molecule has 3 saturated heterocycles. The first kappa shape index (κ1) is 55.1. The van der Waals surface area contributed by atoms with Crippen LogP contribution in [-0.4, -0.2) is 131 Å². The number of methoxy groups -OCH3 is 2. The molecule has 3 aliphatic rings. The molecule has 17 heteroatoms. The maximum absolute atomic E-state index is 13.4. The van der Waals surface area contributed by atoms with Gasteiger partial charge in [-0.05, 0) is 38.2 Å². The van der Waals surface area contributed by atoms with Crippen LogP contribution in [-0.2, 0) is 61.9 Å². The normalized spacial score (nSPS) is 30.9. The standard InChI is InChI=1S/C48H72O17/c1-12-14-15-16-17-18-40(52)63-44-32(23-42(54)59-11)22-35(65-48(44,57)45(5,6)7)26-38(29(3)49)62-43(55)25-33(51)24-36-27-39(60-30(4)50)46(8,9)47(56,64-36)28-37-20-31(21-41(53)58-10)19-34(13-2)61-37/h13,15-18,21,23,29,33-39,44,49,51,56-57H,2,12,14,19-20,22,24-28H2,1,3-11H3/b16-15+,18-17+,31-21+,32-23+/t29-,33-,34+,35?,36?,37+,38-,39+,44+,47+,48-/m1/s1. The fourth-order valence-corrected chi connectivity index (χ4v) is 8.21. The van der Waals surface area contributed by atoms with E-state index in [1.165, 1.54) is 46.3 Å². The Balaban J connectivity index is 1.80. The maximum atomic E-state index is 13.4. The third kappa shape index (κ3) is 15.4. The van der Waals surface area contributed by atoms with E-state index in [2.05, 4.69) is 6.58 Å². The molecule has 11 atom stereocenters. The highest BCUT2D eigenvalue weighted by atomic mass is 16.7. The summed E-state index contributed by atoms with van der Waals surface area (Å²) in [6, 6.07) is 0. The molecule has 366 valence electrons. The Hall–Kier alpha value is -4.23. The molecule has 0 aromatic rings. The van der Waals surface area contributed by atoms with Crippen molar-refractivity contribution in [2.45, 2.75) is 186 Å². The van der Waals surface area contributed by atoms with Gasteiger partial charge in [-0.3, -0.25) is 9.59 Å². The number of esters is 5. The van der Waals surface area contributed by atoms with E-state index >= 15 is 0 Å². The fraction of sp³-hybridized carbons (Fsp3) is 0.688. The number of aliphatic hydroxyl groups excluding tert-OH is 2. The predicted molar refractivity (Wildman–Crippen MR) is 235 cm³/mol. The lowest BCUT2D eigenvalue weighted by molar-refractivity contribution is -0.348. The van der Waals surface area contributed by atoms with Crippen molar-refractivity contribution < 1.29 is 82.3 Å². The minimum Gasteiger partial charge on any atom is -0.466 e. The van der Waals surface area contributed by atoms with Crippen LogP contribution in [0.25, 0.3) is 0 Å². The summed E-state index contributed by atoms with van der Waals surface area (Å²) in [7, 11) is 2.44. The number of allylic oxidation sites excluding steroid dienone is 3. The molecule has 0 spiro atoms. The molecule has 3 fully saturated rings. The number of carbonyl (C=O) groups excluding carboxylic acids is 5. The van der Waals surface area contributed by atoms with Gasteiger partial charge >= 0.3 is 29.8 Å². The number of carbonyl (C=O) groups is 5. The van der Waals surface area contributed by atoms with Crippen LogP contribution in [0.1, 0.15) is 120 Å². The number of hydrogen-bond donors (Lipinski definition) is 4. The van der Waals surface area contributed by atoms with Crippen LogP contribution >= 0.6 is 0 Å². The van der Waals surface area contributed by atoms with Crippen molar-refractivity contribution in [1.82, 2.24) is 0 Å². The Kier molecular flexibility index (Phi) is 20.3. The molecule has 65 heavy (non-hydrogen) atoms. The Morgan fingerprint density at radius 3 is 2.14 bits per heavy atom. The Morgan fingerprint density at radius 2 is 1.55 bits per heavy atom. The summed E-state index contributed by atoms with van der Waals surface area (Å²) < 4.78 is 45.5. The van der Waals surface area contributed by atoms with Gasteiger partial charge in [-0.25, -0.2) is 14.4 Å². The number of aliphatic hydroxyl groups is 4. The van der Waals surface area contributed by atoms with Gasteiger partial charge in [0.1, 0.15) is 12.2 Å². The first-order valence-corrected chi connectivity index (χ1v) is 22.2. The van der Waals surface area contributed by atoms with Crippen molar-refractivity contribution in [3.63, 3.8) is 0 Å². The van der Waals surface area contributed by atoms with Crippen LogP contribution in [0.15, 0.2) is 60.3 Å². The van der Waals surface area contributed by atoms with E-state index in [4.69, 9.17) is 37.9 Å². The van der Waals surface area contributed by atoms with E-state index in [0.717, 1.165) is 24.5 Å². The summed E-state index contributed by atoms with van der Waals surface area (Å²) in [6.45, 7) is 16.8. The molecule has 0 amide bonds. The van der Waals surface area contributed by atoms with Gasteiger partial charge in [0.15, 0.2) is 11.9 Å². The lowest BCUT2D eigenvalue weighted by atomic mass is 9.70. The topological polar surface area (TPSA) is 240 Å². The van der Waals surface area contributed by atoms with Crippen LogP contribution in [0, 0.1) is 10.8 Å². The third-order valence-electron chi connectivity index (χ3n) is 12.1. The van der Waals surface area contributed by atoms with Gasteiger partial charge in [-0.2, -0.15) is 0 Å². The smallest absolute Gasteiger partial charge is 0.331 e. The molecule has 3 aliphatic heterocycles. The second-order valence-electron chi connectivity index (χ2n) is 18.7. The Morgan fingerprint density at radius 1 is 0.892 bits per heavy atom. The van der Waals surface area contributed by atoms with E-state index < -0.39 is 114 Å².